The minimum absolute atomic E-state index is 0.924. The van der Waals surface area contributed by atoms with Crippen LogP contribution < -0.4 is 4.74 Å². The van der Waals surface area contributed by atoms with Gasteiger partial charge in [-0.2, -0.15) is 0 Å². The molecule has 25 heavy (non-hydrogen) atoms. The molecule has 0 saturated heterocycles. The average Bonchev–Trinajstić information content (AvgIpc) is 3.06. The molecule has 2 heterocycles. The Kier molecular flexibility index (Phi) is 2.43. The van der Waals surface area contributed by atoms with Gasteiger partial charge < -0.3 is 9.72 Å². The summed E-state index contributed by atoms with van der Waals surface area (Å²) in [6, 6.07) is 17.1. The summed E-state index contributed by atoms with van der Waals surface area (Å²) in [5.74, 6) is 1.91. The molecule has 0 amide bonds. The molecular formula is C23H15NO. The minimum Gasteiger partial charge on any atom is -0.456 e. The molecule has 2 heteroatoms. The Balaban J connectivity index is 1.75. The zero-order valence-electron chi connectivity index (χ0n) is 13.5. The quantitative estimate of drug-likeness (QED) is 0.416. The van der Waals surface area contributed by atoms with Crippen LogP contribution in [0.3, 0.4) is 0 Å². The fraction of sp³-hybridized carbons (Fsp3) is 0.0435. The third-order valence-electron chi connectivity index (χ3n) is 5.24. The number of benzene rings is 3. The second-order valence-corrected chi connectivity index (χ2v) is 6.67. The Morgan fingerprint density at radius 2 is 1.88 bits per heavy atom. The summed E-state index contributed by atoms with van der Waals surface area (Å²) in [5.41, 5.74) is 4.79. The molecule has 0 saturated carbocycles. The number of ether oxygens (including phenoxy) is 1. The van der Waals surface area contributed by atoms with Crippen molar-refractivity contribution in [3.63, 3.8) is 0 Å². The molecule has 0 spiro atoms. The van der Waals surface area contributed by atoms with Gasteiger partial charge in [-0.15, -0.1) is 0 Å². The summed E-state index contributed by atoms with van der Waals surface area (Å²) in [4.78, 5) is 3.63. The molecule has 0 unspecified atom stereocenters. The molecule has 1 aliphatic heterocycles. The van der Waals surface area contributed by atoms with Gasteiger partial charge in [0.2, 0.25) is 0 Å². The average molecular weight is 321 g/mol. The first-order valence-electron chi connectivity index (χ1n) is 8.60. The maximum atomic E-state index is 6.18. The lowest BCUT2D eigenvalue weighted by atomic mass is 9.96. The lowest BCUT2D eigenvalue weighted by Gasteiger charge is -2.22. The Labute approximate surface area is 144 Å². The molecule has 118 valence electrons. The number of nitrogens with one attached hydrogen (secondary N) is 1. The van der Waals surface area contributed by atoms with E-state index in [1.54, 1.807) is 0 Å². The van der Waals surface area contributed by atoms with Crippen LogP contribution in [-0.2, 0) is 0 Å². The van der Waals surface area contributed by atoms with E-state index in [2.05, 4.69) is 71.7 Å². The van der Waals surface area contributed by atoms with Gasteiger partial charge in [0.1, 0.15) is 11.5 Å². The highest BCUT2D eigenvalue weighted by molar-refractivity contribution is 6.19. The topological polar surface area (TPSA) is 25.0 Å². The highest BCUT2D eigenvalue weighted by Gasteiger charge is 2.21. The van der Waals surface area contributed by atoms with E-state index >= 15 is 0 Å². The third-order valence-corrected chi connectivity index (χ3v) is 5.24. The molecule has 0 radical (unpaired) electrons. The van der Waals surface area contributed by atoms with E-state index in [-0.39, 0.29) is 0 Å². The Morgan fingerprint density at radius 1 is 0.920 bits per heavy atom. The van der Waals surface area contributed by atoms with E-state index in [1.807, 2.05) is 6.08 Å². The molecule has 0 fully saturated rings. The first-order chi connectivity index (χ1) is 12.4. The van der Waals surface area contributed by atoms with Crippen molar-refractivity contribution < 1.29 is 4.74 Å². The van der Waals surface area contributed by atoms with Crippen molar-refractivity contribution in [1.82, 2.24) is 4.98 Å². The van der Waals surface area contributed by atoms with Gasteiger partial charge in [-0.05, 0) is 41.7 Å². The number of fused-ring (bicyclic) bond motifs is 8. The first-order valence-corrected chi connectivity index (χ1v) is 8.60. The van der Waals surface area contributed by atoms with Crippen LogP contribution in [0.15, 0.2) is 78.1 Å². The molecule has 4 aromatic rings. The molecule has 0 bridgehead atoms. The molecule has 1 N–H and O–H groups in total. The lowest BCUT2D eigenvalue weighted by molar-refractivity contribution is 0.428. The molecule has 2 nitrogen and oxygen atoms in total. The van der Waals surface area contributed by atoms with Gasteiger partial charge in [0, 0.05) is 27.2 Å². The standard InChI is InChI=1S/C23H15NO/c1-3-7-16-14(5-1)9-10-17-22-18-13-15-6-2-4-8-20(15)25-21(18)12-11-19(22)24-23(16)17/h1-5,7-13,24H,6H2. The third kappa shape index (κ3) is 1.74. The molecular weight excluding hydrogens is 306 g/mol. The zero-order chi connectivity index (χ0) is 16.4. The van der Waals surface area contributed by atoms with Crippen LogP contribution in [0.5, 0.6) is 5.75 Å². The summed E-state index contributed by atoms with van der Waals surface area (Å²) in [6.07, 6.45) is 9.50. The summed E-state index contributed by atoms with van der Waals surface area (Å²) < 4.78 is 6.18. The van der Waals surface area contributed by atoms with Gasteiger partial charge in [0.15, 0.2) is 0 Å². The molecule has 0 atom stereocenters. The summed E-state index contributed by atoms with van der Waals surface area (Å²) in [6.45, 7) is 0. The number of allylic oxidation sites excluding steroid dienone is 4. The fourth-order valence-corrected chi connectivity index (χ4v) is 4.06. The van der Waals surface area contributed by atoms with Crippen molar-refractivity contribution in [1.29, 1.82) is 0 Å². The van der Waals surface area contributed by atoms with Gasteiger partial charge in [0.25, 0.3) is 0 Å². The van der Waals surface area contributed by atoms with Gasteiger partial charge >= 0.3 is 0 Å². The monoisotopic (exact) mass is 321 g/mol. The van der Waals surface area contributed by atoms with E-state index in [0.29, 0.717) is 0 Å². The summed E-state index contributed by atoms with van der Waals surface area (Å²) in [5, 5.41) is 5.02. The SMILES string of the molecule is C1=CCC2=Cc3c(ccc4[nH]c5c6ccccc6ccc5c34)OC2=C1. The molecule has 3 aromatic carbocycles. The van der Waals surface area contributed by atoms with E-state index in [1.165, 1.54) is 38.2 Å². The zero-order valence-corrected chi connectivity index (χ0v) is 13.5. The van der Waals surface area contributed by atoms with Crippen molar-refractivity contribution in [2.75, 3.05) is 0 Å². The first kappa shape index (κ1) is 13.1. The Morgan fingerprint density at radius 3 is 2.88 bits per heavy atom. The number of hydrogen-bond donors (Lipinski definition) is 1. The van der Waals surface area contributed by atoms with Gasteiger partial charge in [-0.25, -0.2) is 0 Å². The van der Waals surface area contributed by atoms with Crippen LogP contribution in [0.2, 0.25) is 0 Å². The molecule has 1 aromatic heterocycles. The maximum absolute atomic E-state index is 6.18. The molecule has 1 aliphatic carbocycles. The lowest BCUT2D eigenvalue weighted by Crippen LogP contribution is -2.06. The minimum atomic E-state index is 0.924. The number of aromatic amines is 1. The van der Waals surface area contributed by atoms with E-state index < -0.39 is 0 Å². The smallest absolute Gasteiger partial charge is 0.135 e. The Bertz CT molecular complexity index is 1280. The second-order valence-electron chi connectivity index (χ2n) is 6.67. The highest BCUT2D eigenvalue weighted by Crippen LogP contribution is 2.42. The van der Waals surface area contributed by atoms with Gasteiger partial charge in [-0.1, -0.05) is 48.6 Å². The number of aromatic nitrogens is 1. The highest BCUT2D eigenvalue weighted by atomic mass is 16.5. The normalized spacial score (nSPS) is 15.7. The fourth-order valence-electron chi connectivity index (χ4n) is 4.06. The number of hydrogen-bond acceptors (Lipinski definition) is 1. The molecule has 2 aliphatic rings. The van der Waals surface area contributed by atoms with Crippen LogP contribution in [-0.4, -0.2) is 4.98 Å². The van der Waals surface area contributed by atoms with Crippen molar-refractivity contribution in [2.24, 2.45) is 0 Å². The summed E-state index contributed by atoms with van der Waals surface area (Å²) >= 11 is 0. The van der Waals surface area contributed by atoms with Crippen molar-refractivity contribution in [3.05, 3.63) is 83.7 Å². The van der Waals surface area contributed by atoms with Gasteiger partial charge in [0.05, 0.1) is 5.52 Å². The van der Waals surface area contributed by atoms with Crippen LogP contribution in [0.25, 0.3) is 38.7 Å². The van der Waals surface area contributed by atoms with E-state index in [0.717, 1.165) is 23.4 Å². The second kappa shape index (κ2) is 4.64. The van der Waals surface area contributed by atoms with Gasteiger partial charge in [-0.3, -0.25) is 0 Å². The molecule has 6 rings (SSSR count). The van der Waals surface area contributed by atoms with Crippen molar-refractivity contribution >= 4 is 38.7 Å². The van der Waals surface area contributed by atoms with Crippen molar-refractivity contribution in [2.45, 2.75) is 6.42 Å². The van der Waals surface area contributed by atoms with Crippen LogP contribution in [0.1, 0.15) is 12.0 Å². The Hall–Kier alpha value is -3.26. The largest absolute Gasteiger partial charge is 0.456 e. The number of rotatable bonds is 0. The van der Waals surface area contributed by atoms with Crippen LogP contribution in [0, 0.1) is 0 Å². The van der Waals surface area contributed by atoms with E-state index in [4.69, 9.17) is 4.74 Å². The summed E-state index contributed by atoms with van der Waals surface area (Å²) in [7, 11) is 0. The van der Waals surface area contributed by atoms with Crippen LogP contribution >= 0.6 is 0 Å². The number of H-pyrrole nitrogens is 1. The predicted octanol–water partition coefficient (Wildman–Crippen LogP) is 6.09. The van der Waals surface area contributed by atoms with E-state index in [9.17, 15) is 0 Å². The van der Waals surface area contributed by atoms with Crippen LogP contribution in [0.4, 0.5) is 0 Å². The maximum Gasteiger partial charge on any atom is 0.135 e. The van der Waals surface area contributed by atoms with Crippen molar-refractivity contribution in [3.8, 4) is 5.75 Å². The predicted molar refractivity (Wildman–Crippen MR) is 104 cm³/mol.